The molecule has 4 heteroatoms. The zero-order chi connectivity index (χ0) is 13.1. The summed E-state index contributed by atoms with van der Waals surface area (Å²) in [6.07, 6.45) is -0.854. The number of aliphatic carboxylic acids is 1. The highest BCUT2D eigenvalue weighted by Gasteiger charge is 2.33. The summed E-state index contributed by atoms with van der Waals surface area (Å²) in [4.78, 5) is 11.2. The molecule has 0 spiro atoms. The lowest BCUT2D eigenvalue weighted by Crippen LogP contribution is -2.39. The first-order valence-electron chi connectivity index (χ1n) is 5.39. The van der Waals surface area contributed by atoms with Gasteiger partial charge in [-0.15, -0.1) is 0 Å². The molecule has 94 valence electrons. The molecule has 1 aromatic carbocycles. The average molecular weight is 301 g/mol. The van der Waals surface area contributed by atoms with Gasteiger partial charge in [-0.1, -0.05) is 48.8 Å². The van der Waals surface area contributed by atoms with Crippen LogP contribution in [0.3, 0.4) is 0 Å². The number of benzene rings is 1. The Hall–Kier alpha value is -1.03. The van der Waals surface area contributed by atoms with Crippen molar-refractivity contribution < 1.29 is 14.6 Å². The molecule has 0 aliphatic rings. The van der Waals surface area contributed by atoms with Gasteiger partial charge in [-0.25, -0.2) is 4.79 Å². The van der Waals surface area contributed by atoms with Crippen molar-refractivity contribution in [3.63, 3.8) is 0 Å². The number of alkyl halides is 1. The Kier molecular flexibility index (Phi) is 4.57. The van der Waals surface area contributed by atoms with E-state index in [2.05, 4.69) is 15.9 Å². The van der Waals surface area contributed by atoms with Crippen LogP contribution in [-0.2, 0) is 10.1 Å². The van der Waals surface area contributed by atoms with Crippen molar-refractivity contribution >= 4 is 21.9 Å². The van der Waals surface area contributed by atoms with E-state index >= 15 is 0 Å². The summed E-state index contributed by atoms with van der Waals surface area (Å²) >= 11 is 3.35. The van der Waals surface area contributed by atoms with E-state index in [1.54, 1.807) is 6.07 Å². The summed E-state index contributed by atoms with van der Waals surface area (Å²) in [5, 5.41) is 9.88. The highest BCUT2D eigenvalue weighted by molar-refractivity contribution is 9.08. The van der Waals surface area contributed by atoms with Crippen LogP contribution in [0.1, 0.15) is 26.3 Å². The summed E-state index contributed by atoms with van der Waals surface area (Å²) in [7, 11) is 0. The zero-order valence-electron chi connectivity index (χ0n) is 10.2. The van der Waals surface area contributed by atoms with Gasteiger partial charge in [0.05, 0.1) is 0 Å². The van der Waals surface area contributed by atoms with E-state index in [-0.39, 0.29) is 0 Å². The lowest BCUT2D eigenvalue weighted by molar-refractivity contribution is -0.150. The fourth-order valence-electron chi connectivity index (χ4n) is 1.44. The number of halogens is 1. The monoisotopic (exact) mass is 300 g/mol. The summed E-state index contributed by atoms with van der Waals surface area (Å²) in [6, 6.07) is 7.42. The topological polar surface area (TPSA) is 46.5 Å². The molecule has 1 unspecified atom stereocenters. The number of carboxylic acids is 1. The second kappa shape index (κ2) is 5.54. The second-order valence-electron chi connectivity index (χ2n) is 4.98. The molecule has 1 aromatic rings. The van der Waals surface area contributed by atoms with Crippen LogP contribution >= 0.6 is 15.9 Å². The maximum absolute atomic E-state index is 11.2. The quantitative estimate of drug-likeness (QED) is 0.866. The lowest BCUT2D eigenvalue weighted by atomic mass is 9.89. The third kappa shape index (κ3) is 4.04. The van der Waals surface area contributed by atoms with Gasteiger partial charge in [0, 0.05) is 10.7 Å². The first-order chi connectivity index (χ1) is 7.84. The standard InChI is InChI=1S/C13H17BrO3/c1-13(2,3)11(12(15)16)17-10-6-4-5-9(7-10)8-14/h4-7,11H,8H2,1-3H3,(H,15,16). The molecule has 0 saturated carbocycles. The first-order valence-corrected chi connectivity index (χ1v) is 6.51. The van der Waals surface area contributed by atoms with Crippen LogP contribution in [0.4, 0.5) is 0 Å². The maximum Gasteiger partial charge on any atom is 0.345 e. The van der Waals surface area contributed by atoms with Crippen LogP contribution < -0.4 is 4.74 Å². The van der Waals surface area contributed by atoms with E-state index in [0.717, 1.165) is 10.9 Å². The van der Waals surface area contributed by atoms with Gasteiger partial charge in [0.25, 0.3) is 0 Å². The Bertz CT molecular complexity index is 396. The van der Waals surface area contributed by atoms with E-state index in [4.69, 9.17) is 9.84 Å². The molecule has 0 aliphatic carbocycles. The van der Waals surface area contributed by atoms with Crippen LogP contribution in [0, 0.1) is 5.41 Å². The Labute approximate surface area is 110 Å². The first kappa shape index (κ1) is 14.0. The predicted molar refractivity (Wildman–Crippen MR) is 70.6 cm³/mol. The molecule has 1 N–H and O–H groups in total. The van der Waals surface area contributed by atoms with Gasteiger partial charge in [-0.05, 0) is 17.7 Å². The van der Waals surface area contributed by atoms with E-state index < -0.39 is 17.5 Å². The number of hydrogen-bond donors (Lipinski definition) is 1. The maximum atomic E-state index is 11.2. The van der Waals surface area contributed by atoms with Gasteiger partial charge < -0.3 is 9.84 Å². The molecule has 0 aliphatic heterocycles. The van der Waals surface area contributed by atoms with Gasteiger partial charge in [0.15, 0.2) is 6.10 Å². The minimum atomic E-state index is -0.943. The SMILES string of the molecule is CC(C)(C)C(Oc1cccc(CBr)c1)C(=O)O. The molecule has 0 amide bonds. The lowest BCUT2D eigenvalue weighted by Gasteiger charge is -2.27. The van der Waals surface area contributed by atoms with Crippen molar-refractivity contribution in [3.05, 3.63) is 29.8 Å². The van der Waals surface area contributed by atoms with Crippen molar-refractivity contribution in [2.75, 3.05) is 0 Å². The summed E-state index contributed by atoms with van der Waals surface area (Å²) in [5.41, 5.74) is 0.608. The third-order valence-electron chi connectivity index (χ3n) is 2.32. The highest BCUT2D eigenvalue weighted by Crippen LogP contribution is 2.26. The van der Waals surface area contributed by atoms with Gasteiger partial charge in [-0.3, -0.25) is 0 Å². The molecule has 0 aromatic heterocycles. The molecule has 0 bridgehead atoms. The van der Waals surface area contributed by atoms with Crippen molar-refractivity contribution in [2.45, 2.75) is 32.2 Å². The number of ether oxygens (including phenoxy) is 1. The van der Waals surface area contributed by atoms with Crippen molar-refractivity contribution in [1.29, 1.82) is 0 Å². The average Bonchev–Trinajstić information content (AvgIpc) is 2.24. The van der Waals surface area contributed by atoms with Crippen molar-refractivity contribution in [3.8, 4) is 5.75 Å². The van der Waals surface area contributed by atoms with E-state index in [9.17, 15) is 4.79 Å². The van der Waals surface area contributed by atoms with E-state index in [0.29, 0.717) is 5.75 Å². The van der Waals surface area contributed by atoms with Crippen LogP contribution in [0.15, 0.2) is 24.3 Å². The molecular weight excluding hydrogens is 284 g/mol. The molecular formula is C13H17BrO3. The van der Waals surface area contributed by atoms with Crippen LogP contribution in [0.2, 0.25) is 0 Å². The number of carboxylic acid groups (broad SMARTS) is 1. The minimum Gasteiger partial charge on any atom is -0.478 e. The Morgan fingerprint density at radius 2 is 2.12 bits per heavy atom. The van der Waals surface area contributed by atoms with Gasteiger partial charge in [0.1, 0.15) is 5.75 Å². The number of hydrogen-bond acceptors (Lipinski definition) is 2. The molecule has 17 heavy (non-hydrogen) atoms. The molecule has 0 saturated heterocycles. The summed E-state index contributed by atoms with van der Waals surface area (Å²) < 4.78 is 5.56. The molecule has 1 rings (SSSR count). The third-order valence-corrected chi connectivity index (χ3v) is 2.97. The van der Waals surface area contributed by atoms with E-state index in [1.807, 2.05) is 39.0 Å². The molecule has 0 heterocycles. The zero-order valence-corrected chi connectivity index (χ0v) is 11.8. The normalized spacial score (nSPS) is 13.2. The fraction of sp³-hybridized carbons (Fsp3) is 0.462. The predicted octanol–water partition coefficient (Wildman–Crippen LogP) is 3.46. The van der Waals surface area contributed by atoms with Gasteiger partial charge in [-0.2, -0.15) is 0 Å². The van der Waals surface area contributed by atoms with Crippen LogP contribution in [0.5, 0.6) is 5.75 Å². The van der Waals surface area contributed by atoms with Crippen LogP contribution in [-0.4, -0.2) is 17.2 Å². The van der Waals surface area contributed by atoms with Crippen molar-refractivity contribution in [2.24, 2.45) is 5.41 Å². The van der Waals surface area contributed by atoms with Crippen molar-refractivity contribution in [1.82, 2.24) is 0 Å². The van der Waals surface area contributed by atoms with E-state index in [1.165, 1.54) is 0 Å². The molecule has 1 atom stereocenters. The van der Waals surface area contributed by atoms with Gasteiger partial charge in [0.2, 0.25) is 0 Å². The Morgan fingerprint density at radius 1 is 1.47 bits per heavy atom. The Balaban J connectivity index is 2.90. The summed E-state index contributed by atoms with van der Waals surface area (Å²) in [6.45, 7) is 5.54. The highest BCUT2D eigenvalue weighted by atomic mass is 79.9. The minimum absolute atomic E-state index is 0.448. The smallest absolute Gasteiger partial charge is 0.345 e. The number of rotatable bonds is 4. The summed E-state index contributed by atoms with van der Waals surface area (Å²) in [5.74, 6) is -0.356. The molecule has 3 nitrogen and oxygen atoms in total. The second-order valence-corrected chi connectivity index (χ2v) is 5.54. The molecule has 0 radical (unpaired) electrons. The van der Waals surface area contributed by atoms with Crippen LogP contribution in [0.25, 0.3) is 0 Å². The Morgan fingerprint density at radius 3 is 2.59 bits per heavy atom. The largest absolute Gasteiger partial charge is 0.478 e. The fourth-order valence-corrected chi connectivity index (χ4v) is 1.78. The van der Waals surface area contributed by atoms with Gasteiger partial charge >= 0.3 is 5.97 Å². The number of carbonyl (C=O) groups is 1. The molecule has 0 fully saturated rings.